The van der Waals surface area contributed by atoms with Gasteiger partial charge in [-0.05, 0) is 0 Å². The van der Waals surface area contributed by atoms with Crippen LogP contribution in [0.4, 0.5) is 5.82 Å². The number of aromatic nitrogens is 4. The van der Waals surface area contributed by atoms with E-state index >= 15 is 0 Å². The lowest BCUT2D eigenvalue weighted by Gasteiger charge is -2.19. The molecule has 1 aliphatic carbocycles. The van der Waals surface area contributed by atoms with Crippen LogP contribution >= 0.6 is 0 Å². The van der Waals surface area contributed by atoms with Gasteiger partial charge in [0.05, 0.1) is 0 Å². The van der Waals surface area contributed by atoms with Crippen LogP contribution in [0.5, 0.6) is 0 Å². The maximum Gasteiger partial charge on any atom is 0.218 e. The van der Waals surface area contributed by atoms with Gasteiger partial charge in [-0.1, -0.05) is 6.58 Å². The SMILES string of the molecule is C=C(C=O)OC1(n2cnc3c(N)ncnc32)CC1O. The van der Waals surface area contributed by atoms with Gasteiger partial charge in [0.15, 0.2) is 23.5 Å². The number of anilines is 1. The third-order valence-corrected chi connectivity index (χ3v) is 3.06. The van der Waals surface area contributed by atoms with Gasteiger partial charge in [0.1, 0.15) is 24.3 Å². The van der Waals surface area contributed by atoms with E-state index in [4.69, 9.17) is 10.5 Å². The number of carbonyl (C=O) groups excluding carboxylic acids is 1. The highest BCUT2D eigenvalue weighted by atomic mass is 16.5. The van der Waals surface area contributed by atoms with Crippen molar-refractivity contribution in [2.45, 2.75) is 18.2 Å². The first-order chi connectivity index (χ1) is 9.08. The fourth-order valence-corrected chi connectivity index (χ4v) is 2.02. The van der Waals surface area contributed by atoms with E-state index in [9.17, 15) is 9.90 Å². The van der Waals surface area contributed by atoms with Gasteiger partial charge in [-0.3, -0.25) is 9.36 Å². The predicted octanol–water partition coefficient (Wildman–Crippen LogP) is -0.445. The lowest BCUT2D eigenvalue weighted by Crippen LogP contribution is -2.25. The maximum atomic E-state index is 10.6. The van der Waals surface area contributed by atoms with E-state index in [-0.39, 0.29) is 11.6 Å². The van der Waals surface area contributed by atoms with Crippen molar-refractivity contribution in [3.8, 4) is 0 Å². The second-order valence-corrected chi connectivity index (χ2v) is 4.30. The van der Waals surface area contributed by atoms with E-state index in [1.807, 2.05) is 0 Å². The summed E-state index contributed by atoms with van der Waals surface area (Å²) < 4.78 is 6.95. The molecule has 3 N–H and O–H groups in total. The van der Waals surface area contributed by atoms with Crippen molar-refractivity contribution in [2.75, 3.05) is 5.73 Å². The number of aliphatic hydroxyl groups is 1. The van der Waals surface area contributed by atoms with Gasteiger partial charge in [0.25, 0.3) is 0 Å². The molecule has 1 saturated carbocycles. The summed E-state index contributed by atoms with van der Waals surface area (Å²) in [5.41, 5.74) is 5.45. The molecular formula is C11H11N5O3. The van der Waals surface area contributed by atoms with Crippen LogP contribution in [0.2, 0.25) is 0 Å². The van der Waals surface area contributed by atoms with Gasteiger partial charge in [-0.15, -0.1) is 0 Å². The number of hydrogen-bond donors (Lipinski definition) is 2. The molecule has 2 atom stereocenters. The van der Waals surface area contributed by atoms with Gasteiger partial charge in [-0.2, -0.15) is 0 Å². The zero-order valence-electron chi connectivity index (χ0n) is 9.85. The van der Waals surface area contributed by atoms with Gasteiger partial charge >= 0.3 is 0 Å². The number of rotatable bonds is 4. The highest BCUT2D eigenvalue weighted by Crippen LogP contribution is 2.47. The predicted molar refractivity (Wildman–Crippen MR) is 64.6 cm³/mol. The Morgan fingerprint density at radius 1 is 1.63 bits per heavy atom. The number of nitrogen functional groups attached to an aromatic ring is 1. The average molecular weight is 261 g/mol. The number of nitrogens with zero attached hydrogens (tertiary/aromatic N) is 4. The molecule has 0 aromatic carbocycles. The van der Waals surface area contributed by atoms with E-state index in [2.05, 4.69) is 21.5 Å². The molecule has 19 heavy (non-hydrogen) atoms. The van der Waals surface area contributed by atoms with Gasteiger partial charge in [0, 0.05) is 6.42 Å². The number of fused-ring (bicyclic) bond motifs is 1. The Morgan fingerprint density at radius 3 is 3.00 bits per heavy atom. The topological polar surface area (TPSA) is 116 Å². The van der Waals surface area contributed by atoms with Crippen LogP contribution in [0.1, 0.15) is 6.42 Å². The van der Waals surface area contributed by atoms with Crippen molar-refractivity contribution < 1.29 is 14.6 Å². The van der Waals surface area contributed by atoms with Crippen LogP contribution in [-0.2, 0) is 15.3 Å². The lowest BCUT2D eigenvalue weighted by atomic mass is 10.4. The van der Waals surface area contributed by atoms with Crippen LogP contribution < -0.4 is 5.73 Å². The van der Waals surface area contributed by atoms with Crippen LogP contribution in [0.25, 0.3) is 11.2 Å². The zero-order valence-corrected chi connectivity index (χ0v) is 9.85. The lowest BCUT2D eigenvalue weighted by molar-refractivity contribution is -0.111. The first kappa shape index (κ1) is 11.6. The number of allylic oxidation sites excluding steroid dienone is 1. The maximum absolute atomic E-state index is 10.6. The molecule has 0 spiro atoms. The number of hydrogen-bond acceptors (Lipinski definition) is 7. The second-order valence-electron chi connectivity index (χ2n) is 4.30. The summed E-state index contributed by atoms with van der Waals surface area (Å²) >= 11 is 0. The molecule has 0 saturated heterocycles. The fourth-order valence-electron chi connectivity index (χ4n) is 2.02. The summed E-state index contributed by atoms with van der Waals surface area (Å²) in [6.45, 7) is 3.45. The zero-order chi connectivity index (χ0) is 13.6. The number of imidazole rings is 1. The minimum atomic E-state index is -1.09. The van der Waals surface area contributed by atoms with Crippen LogP contribution in [0.3, 0.4) is 0 Å². The van der Waals surface area contributed by atoms with Gasteiger partial charge < -0.3 is 15.6 Å². The summed E-state index contributed by atoms with van der Waals surface area (Å²) in [5, 5.41) is 9.82. The van der Waals surface area contributed by atoms with Crippen LogP contribution in [0.15, 0.2) is 25.0 Å². The average Bonchev–Trinajstić information content (AvgIpc) is 2.86. The highest BCUT2D eigenvalue weighted by molar-refractivity contribution is 5.81. The molecule has 0 radical (unpaired) electrons. The van der Waals surface area contributed by atoms with E-state index in [0.717, 1.165) is 0 Å². The molecule has 2 aromatic rings. The van der Waals surface area contributed by atoms with Crippen LogP contribution in [0, 0.1) is 0 Å². The normalized spacial score (nSPS) is 25.2. The Labute approximate surface area is 107 Å². The Bertz CT molecular complexity index is 682. The summed E-state index contributed by atoms with van der Waals surface area (Å²) in [6.07, 6.45) is 2.78. The molecule has 1 aliphatic rings. The van der Waals surface area contributed by atoms with Crippen molar-refractivity contribution in [1.29, 1.82) is 0 Å². The van der Waals surface area contributed by atoms with Crippen molar-refractivity contribution in [1.82, 2.24) is 19.5 Å². The third kappa shape index (κ3) is 1.57. The van der Waals surface area contributed by atoms with E-state index in [1.165, 1.54) is 12.7 Å². The molecule has 2 heterocycles. The molecule has 98 valence electrons. The number of aldehydes is 1. The molecule has 3 rings (SSSR count). The Hall–Kier alpha value is -2.48. The number of aliphatic hydroxyl groups excluding tert-OH is 1. The van der Waals surface area contributed by atoms with Gasteiger partial charge in [-0.25, -0.2) is 15.0 Å². The summed E-state index contributed by atoms with van der Waals surface area (Å²) in [7, 11) is 0. The van der Waals surface area contributed by atoms with E-state index < -0.39 is 11.8 Å². The molecule has 2 unspecified atom stereocenters. The summed E-state index contributed by atoms with van der Waals surface area (Å²) in [4.78, 5) is 22.6. The molecule has 1 fully saturated rings. The highest BCUT2D eigenvalue weighted by Gasteiger charge is 2.59. The molecular weight excluding hydrogens is 250 g/mol. The third-order valence-electron chi connectivity index (χ3n) is 3.06. The quantitative estimate of drug-likeness (QED) is 0.435. The van der Waals surface area contributed by atoms with Crippen molar-refractivity contribution in [2.24, 2.45) is 0 Å². The molecule has 2 aromatic heterocycles. The van der Waals surface area contributed by atoms with E-state index in [0.29, 0.717) is 23.9 Å². The van der Waals surface area contributed by atoms with E-state index in [1.54, 1.807) is 4.57 Å². The number of ether oxygens (including phenoxy) is 1. The minimum absolute atomic E-state index is 0.0690. The van der Waals surface area contributed by atoms with Crippen LogP contribution in [-0.4, -0.2) is 37.0 Å². The van der Waals surface area contributed by atoms with Crippen molar-refractivity contribution >= 4 is 23.3 Å². The Kier molecular flexibility index (Phi) is 2.29. The van der Waals surface area contributed by atoms with Gasteiger partial charge in [0.2, 0.25) is 5.72 Å². The molecule has 0 aliphatic heterocycles. The first-order valence-electron chi connectivity index (χ1n) is 5.53. The first-order valence-corrected chi connectivity index (χ1v) is 5.53. The van der Waals surface area contributed by atoms with Crippen molar-refractivity contribution in [3.05, 3.63) is 25.0 Å². The molecule has 0 bridgehead atoms. The Morgan fingerprint density at radius 2 is 2.37 bits per heavy atom. The second kappa shape index (κ2) is 3.75. The minimum Gasteiger partial charge on any atom is -0.462 e. The molecule has 8 nitrogen and oxygen atoms in total. The molecule has 8 heteroatoms. The summed E-state index contributed by atoms with van der Waals surface area (Å²) in [6, 6.07) is 0. The fraction of sp³-hybridized carbons (Fsp3) is 0.273. The smallest absolute Gasteiger partial charge is 0.218 e. The summed E-state index contributed by atoms with van der Waals surface area (Å²) in [5.74, 6) is 0.170. The standard InChI is InChI=1S/C11H11N5O3/c1-6(3-17)19-11(2-7(11)18)16-5-15-8-9(12)13-4-14-10(8)16/h3-5,7,18H,1-2H2,(H2,12,13,14). The van der Waals surface area contributed by atoms with Crippen molar-refractivity contribution in [3.63, 3.8) is 0 Å². The number of carbonyl (C=O) groups is 1. The Balaban J connectivity index is 2.10. The number of nitrogens with two attached hydrogens (primary N) is 1. The largest absolute Gasteiger partial charge is 0.462 e. The monoisotopic (exact) mass is 261 g/mol. The molecule has 0 amide bonds.